The summed E-state index contributed by atoms with van der Waals surface area (Å²) in [5.41, 5.74) is 0.678. The molecule has 4 heteroatoms. The lowest BCUT2D eigenvalue weighted by Gasteiger charge is -1.96. The molecule has 0 atom stereocenters. The summed E-state index contributed by atoms with van der Waals surface area (Å²) in [6, 6.07) is 4.74. The highest BCUT2D eigenvalue weighted by Gasteiger charge is 2.11. The minimum absolute atomic E-state index is 0.0532. The number of hydrogen-bond donors (Lipinski definition) is 0. The first-order valence-corrected chi connectivity index (χ1v) is 3.67. The van der Waals surface area contributed by atoms with E-state index in [2.05, 4.69) is 22.9 Å². The normalized spacial score (nSPS) is 9.64. The van der Waals surface area contributed by atoms with Gasteiger partial charge >= 0.3 is 0 Å². The number of hydrogen-bond acceptors (Lipinski definition) is 2. The average molecular weight is 215 g/mol. The van der Waals surface area contributed by atoms with Gasteiger partial charge in [0.15, 0.2) is 0 Å². The van der Waals surface area contributed by atoms with Crippen LogP contribution in [0.3, 0.4) is 0 Å². The maximum Gasteiger partial charge on any atom is 0.283 e. The topological polar surface area (TPSA) is 43.1 Å². The van der Waals surface area contributed by atoms with Crippen LogP contribution < -0.4 is 0 Å². The summed E-state index contributed by atoms with van der Waals surface area (Å²) >= 11 is 3.08. The second kappa shape index (κ2) is 3.00. The largest absolute Gasteiger partial charge is 0.283 e. The molecule has 11 heavy (non-hydrogen) atoms. The fourth-order valence-corrected chi connectivity index (χ4v) is 1.12. The molecule has 0 amide bonds. The SMILES string of the molecule is [CH2]c1cccc([N+](=O)[O-])c1Br. The molecule has 0 N–H and O–H groups in total. The molecule has 0 fully saturated rings. The van der Waals surface area contributed by atoms with E-state index in [0.29, 0.717) is 10.0 Å². The smallest absolute Gasteiger partial charge is 0.258 e. The summed E-state index contributed by atoms with van der Waals surface area (Å²) in [6.45, 7) is 3.61. The molecule has 0 bridgehead atoms. The third-order valence-electron chi connectivity index (χ3n) is 1.26. The number of nitro benzene ring substituents is 1. The minimum Gasteiger partial charge on any atom is -0.258 e. The Labute approximate surface area is 72.3 Å². The van der Waals surface area contributed by atoms with Crippen molar-refractivity contribution in [3.63, 3.8) is 0 Å². The molecular weight excluding hydrogens is 210 g/mol. The van der Waals surface area contributed by atoms with Crippen molar-refractivity contribution in [2.24, 2.45) is 0 Å². The van der Waals surface area contributed by atoms with E-state index >= 15 is 0 Å². The van der Waals surface area contributed by atoms with Crippen LogP contribution >= 0.6 is 15.9 Å². The van der Waals surface area contributed by atoms with Gasteiger partial charge in [-0.15, -0.1) is 0 Å². The fourth-order valence-electron chi connectivity index (χ4n) is 0.707. The number of nitrogens with zero attached hydrogens (tertiary/aromatic N) is 1. The number of halogens is 1. The maximum atomic E-state index is 10.3. The summed E-state index contributed by atoms with van der Waals surface area (Å²) in [4.78, 5) is 9.88. The van der Waals surface area contributed by atoms with Gasteiger partial charge in [0.1, 0.15) is 0 Å². The van der Waals surface area contributed by atoms with E-state index in [1.54, 1.807) is 12.1 Å². The Kier molecular flexibility index (Phi) is 2.24. The van der Waals surface area contributed by atoms with Crippen LogP contribution in [0.5, 0.6) is 0 Å². The van der Waals surface area contributed by atoms with Crippen LogP contribution in [0.15, 0.2) is 22.7 Å². The van der Waals surface area contributed by atoms with Gasteiger partial charge in [0.25, 0.3) is 5.69 Å². The molecular formula is C7H5BrNO2. The predicted octanol–water partition coefficient (Wildman–Crippen LogP) is 2.54. The van der Waals surface area contributed by atoms with Crippen LogP contribution in [-0.4, -0.2) is 4.92 Å². The van der Waals surface area contributed by atoms with Crippen LogP contribution in [0.2, 0.25) is 0 Å². The van der Waals surface area contributed by atoms with Gasteiger partial charge < -0.3 is 0 Å². The molecule has 0 aliphatic heterocycles. The van der Waals surface area contributed by atoms with Crippen molar-refractivity contribution >= 4 is 21.6 Å². The molecule has 0 spiro atoms. The molecule has 0 aromatic heterocycles. The van der Waals surface area contributed by atoms with Gasteiger partial charge in [0.2, 0.25) is 0 Å². The maximum absolute atomic E-state index is 10.3. The Bertz CT molecular complexity index is 298. The Morgan fingerprint density at radius 1 is 1.55 bits per heavy atom. The first-order valence-electron chi connectivity index (χ1n) is 2.88. The zero-order valence-corrected chi connectivity index (χ0v) is 7.17. The Morgan fingerprint density at radius 2 is 2.18 bits per heavy atom. The van der Waals surface area contributed by atoms with E-state index in [4.69, 9.17) is 0 Å². The Hall–Kier alpha value is -0.900. The molecule has 1 aromatic rings. The van der Waals surface area contributed by atoms with Gasteiger partial charge in [0, 0.05) is 6.07 Å². The summed E-state index contributed by atoms with van der Waals surface area (Å²) in [5, 5.41) is 10.3. The first-order chi connectivity index (χ1) is 5.13. The van der Waals surface area contributed by atoms with Crippen molar-refractivity contribution in [2.45, 2.75) is 0 Å². The number of rotatable bonds is 1. The molecule has 0 heterocycles. The second-order valence-corrected chi connectivity index (χ2v) is 2.80. The number of benzene rings is 1. The molecule has 1 rings (SSSR count). The monoisotopic (exact) mass is 214 g/mol. The summed E-state index contributed by atoms with van der Waals surface area (Å²) in [5.74, 6) is 0. The van der Waals surface area contributed by atoms with Crippen molar-refractivity contribution in [3.05, 3.63) is 45.3 Å². The van der Waals surface area contributed by atoms with Crippen LogP contribution in [-0.2, 0) is 0 Å². The van der Waals surface area contributed by atoms with Crippen LogP contribution in [0.1, 0.15) is 5.56 Å². The van der Waals surface area contributed by atoms with Crippen LogP contribution in [0.4, 0.5) is 5.69 Å². The minimum atomic E-state index is -0.446. The van der Waals surface area contributed by atoms with E-state index in [9.17, 15) is 10.1 Å². The van der Waals surface area contributed by atoms with Gasteiger partial charge in [-0.1, -0.05) is 12.1 Å². The molecule has 0 saturated carbocycles. The predicted molar refractivity (Wildman–Crippen MR) is 45.3 cm³/mol. The summed E-state index contributed by atoms with van der Waals surface area (Å²) < 4.78 is 0.449. The molecule has 1 radical (unpaired) electrons. The highest BCUT2D eigenvalue weighted by atomic mass is 79.9. The van der Waals surface area contributed by atoms with Crippen molar-refractivity contribution in [3.8, 4) is 0 Å². The Morgan fingerprint density at radius 3 is 2.64 bits per heavy atom. The highest BCUT2D eigenvalue weighted by molar-refractivity contribution is 9.10. The van der Waals surface area contributed by atoms with E-state index < -0.39 is 4.92 Å². The van der Waals surface area contributed by atoms with Crippen molar-refractivity contribution < 1.29 is 4.92 Å². The highest BCUT2D eigenvalue weighted by Crippen LogP contribution is 2.27. The van der Waals surface area contributed by atoms with Crippen LogP contribution in [0.25, 0.3) is 0 Å². The molecule has 0 saturated heterocycles. The number of nitro groups is 1. The molecule has 0 aliphatic carbocycles. The van der Waals surface area contributed by atoms with E-state index in [1.165, 1.54) is 6.07 Å². The Balaban J connectivity index is 3.27. The molecule has 57 valence electrons. The lowest BCUT2D eigenvalue weighted by Crippen LogP contribution is -1.89. The average Bonchev–Trinajstić information content (AvgIpc) is 1.94. The van der Waals surface area contributed by atoms with Crippen molar-refractivity contribution in [1.82, 2.24) is 0 Å². The van der Waals surface area contributed by atoms with Crippen molar-refractivity contribution in [2.75, 3.05) is 0 Å². The fraction of sp³-hybridized carbons (Fsp3) is 0. The van der Waals surface area contributed by atoms with Gasteiger partial charge in [-0.2, -0.15) is 0 Å². The third-order valence-corrected chi connectivity index (χ3v) is 2.17. The third kappa shape index (κ3) is 1.57. The molecule has 1 aromatic carbocycles. The van der Waals surface area contributed by atoms with E-state index in [1.807, 2.05) is 0 Å². The standard InChI is InChI=1S/C7H5BrNO2/c1-5-3-2-4-6(7(5)8)9(10)11/h2-4H,1H2. The summed E-state index contributed by atoms with van der Waals surface area (Å²) in [6.07, 6.45) is 0. The zero-order chi connectivity index (χ0) is 8.43. The van der Waals surface area contributed by atoms with E-state index in [0.717, 1.165) is 0 Å². The summed E-state index contributed by atoms with van der Waals surface area (Å²) in [7, 11) is 0. The van der Waals surface area contributed by atoms with Gasteiger partial charge in [-0.25, -0.2) is 0 Å². The second-order valence-electron chi connectivity index (χ2n) is 2.01. The van der Waals surface area contributed by atoms with Gasteiger partial charge in [-0.05, 0) is 28.4 Å². The van der Waals surface area contributed by atoms with Gasteiger partial charge in [-0.3, -0.25) is 10.1 Å². The lowest BCUT2D eigenvalue weighted by atomic mass is 10.2. The van der Waals surface area contributed by atoms with Crippen LogP contribution in [0, 0.1) is 17.0 Å². The van der Waals surface area contributed by atoms with Crippen molar-refractivity contribution in [1.29, 1.82) is 0 Å². The van der Waals surface area contributed by atoms with E-state index in [-0.39, 0.29) is 5.69 Å². The van der Waals surface area contributed by atoms with Gasteiger partial charge in [0.05, 0.1) is 9.40 Å². The first kappa shape index (κ1) is 8.20. The lowest BCUT2D eigenvalue weighted by molar-refractivity contribution is -0.385. The quantitative estimate of drug-likeness (QED) is 0.533. The molecule has 0 aliphatic rings. The zero-order valence-electron chi connectivity index (χ0n) is 5.58. The molecule has 3 nitrogen and oxygen atoms in total. The molecule has 0 unspecified atom stereocenters.